The van der Waals surface area contributed by atoms with Gasteiger partial charge in [0.25, 0.3) is 5.91 Å². The van der Waals surface area contributed by atoms with Gasteiger partial charge in [0, 0.05) is 22.4 Å². The van der Waals surface area contributed by atoms with Crippen LogP contribution in [0, 0.1) is 5.92 Å². The van der Waals surface area contributed by atoms with Crippen molar-refractivity contribution in [1.82, 2.24) is 9.80 Å². The number of rotatable bonds is 7. The lowest BCUT2D eigenvalue weighted by Gasteiger charge is -2.38. The van der Waals surface area contributed by atoms with E-state index in [1.165, 1.54) is 10.4 Å². The van der Waals surface area contributed by atoms with Crippen LogP contribution in [0.15, 0.2) is 64.5 Å². The van der Waals surface area contributed by atoms with Gasteiger partial charge in [0.15, 0.2) is 0 Å². The maximum absolute atomic E-state index is 13.7. The first-order valence-electron chi connectivity index (χ1n) is 11.4. The molecule has 0 bridgehead atoms. The van der Waals surface area contributed by atoms with E-state index < -0.39 is 0 Å². The molecule has 1 aromatic heterocycles. The Bertz CT molecular complexity index is 1160. The smallest absolute Gasteiger partial charge is 0.255 e. The van der Waals surface area contributed by atoms with E-state index in [1.54, 1.807) is 29.4 Å². The fourth-order valence-corrected chi connectivity index (χ4v) is 5.81. The number of hydrogen-bond acceptors (Lipinski definition) is 4. The molecule has 1 aliphatic heterocycles. The summed E-state index contributed by atoms with van der Waals surface area (Å²) < 4.78 is 6.06. The molecule has 4 rings (SSSR count). The Labute approximate surface area is 213 Å². The number of thiophene rings is 1. The summed E-state index contributed by atoms with van der Waals surface area (Å²) in [5.41, 5.74) is 2.78. The van der Waals surface area contributed by atoms with Crippen LogP contribution in [0.3, 0.4) is 0 Å². The van der Waals surface area contributed by atoms with Crippen molar-refractivity contribution in [1.29, 1.82) is 0 Å². The van der Waals surface area contributed by atoms with Crippen molar-refractivity contribution in [2.45, 2.75) is 26.3 Å². The minimum absolute atomic E-state index is 0.0429. The Morgan fingerprint density at radius 2 is 1.88 bits per heavy atom. The van der Waals surface area contributed by atoms with Crippen molar-refractivity contribution in [3.8, 4) is 5.75 Å². The van der Waals surface area contributed by atoms with Crippen molar-refractivity contribution >= 4 is 39.1 Å². The second-order valence-corrected chi connectivity index (χ2v) is 10.7. The molecule has 5 nitrogen and oxygen atoms in total. The highest BCUT2D eigenvalue weighted by molar-refractivity contribution is 9.10. The van der Waals surface area contributed by atoms with E-state index in [1.807, 2.05) is 47.4 Å². The van der Waals surface area contributed by atoms with E-state index in [-0.39, 0.29) is 30.3 Å². The molecule has 2 amide bonds. The van der Waals surface area contributed by atoms with Gasteiger partial charge in [-0.3, -0.25) is 9.59 Å². The molecule has 0 radical (unpaired) electrons. The molecule has 7 heteroatoms. The molecule has 1 atom stereocenters. The number of amides is 2. The summed E-state index contributed by atoms with van der Waals surface area (Å²) in [6.45, 7) is 5.30. The van der Waals surface area contributed by atoms with Gasteiger partial charge in [0.2, 0.25) is 5.91 Å². The Kier molecular flexibility index (Phi) is 7.73. The molecule has 34 heavy (non-hydrogen) atoms. The number of nitrogens with zero attached hydrogens (tertiary/aromatic N) is 2. The summed E-state index contributed by atoms with van der Waals surface area (Å²) in [4.78, 5) is 32.1. The van der Waals surface area contributed by atoms with Gasteiger partial charge >= 0.3 is 0 Å². The van der Waals surface area contributed by atoms with E-state index in [0.29, 0.717) is 18.7 Å². The predicted octanol–water partition coefficient (Wildman–Crippen LogP) is 5.79. The Balaban J connectivity index is 1.63. The second-order valence-electron chi connectivity index (χ2n) is 8.87. The van der Waals surface area contributed by atoms with Gasteiger partial charge in [-0.15, -0.1) is 11.3 Å². The first kappa shape index (κ1) is 24.5. The van der Waals surface area contributed by atoms with Gasteiger partial charge in [-0.05, 0) is 75.1 Å². The molecule has 0 fully saturated rings. The zero-order valence-electron chi connectivity index (χ0n) is 19.7. The van der Waals surface area contributed by atoms with E-state index in [4.69, 9.17) is 4.74 Å². The zero-order valence-corrected chi connectivity index (χ0v) is 22.1. The molecular formula is C27H29BrN2O3S. The van der Waals surface area contributed by atoms with E-state index >= 15 is 0 Å². The normalized spacial score (nSPS) is 15.2. The highest BCUT2D eigenvalue weighted by Gasteiger charge is 2.34. The van der Waals surface area contributed by atoms with E-state index in [0.717, 1.165) is 22.2 Å². The number of ether oxygens (including phenoxy) is 1. The highest BCUT2D eigenvalue weighted by atomic mass is 79.9. The number of halogens is 1. The predicted molar refractivity (Wildman–Crippen MR) is 139 cm³/mol. The van der Waals surface area contributed by atoms with Crippen molar-refractivity contribution in [2.24, 2.45) is 5.92 Å². The lowest BCUT2D eigenvalue weighted by molar-refractivity contribution is -0.134. The summed E-state index contributed by atoms with van der Waals surface area (Å²) in [6.07, 6.45) is 0.827. The van der Waals surface area contributed by atoms with E-state index in [9.17, 15) is 9.59 Å². The van der Waals surface area contributed by atoms with Crippen LogP contribution < -0.4 is 4.74 Å². The molecule has 0 saturated carbocycles. The molecule has 2 heterocycles. The molecule has 0 N–H and O–H groups in total. The average molecular weight is 542 g/mol. The zero-order chi connectivity index (χ0) is 24.2. The minimum atomic E-state index is -0.173. The molecule has 2 aromatic carbocycles. The third-order valence-corrected chi connectivity index (χ3v) is 7.71. The highest BCUT2D eigenvalue weighted by Crippen LogP contribution is 2.38. The van der Waals surface area contributed by atoms with Gasteiger partial charge in [0.05, 0.1) is 18.7 Å². The largest absolute Gasteiger partial charge is 0.497 e. The lowest BCUT2D eigenvalue weighted by Crippen LogP contribution is -2.47. The number of carbonyl (C=O) groups is 2. The summed E-state index contributed by atoms with van der Waals surface area (Å²) >= 11 is 5.23. The van der Waals surface area contributed by atoms with Crippen molar-refractivity contribution in [3.05, 3.63) is 86.0 Å². The SMILES string of the molecule is COc1ccc(C2c3ccsc3CCN2C(=O)CN(CC(C)C)C(=O)c2ccccc2Br)cc1. The number of benzene rings is 2. The second kappa shape index (κ2) is 10.7. The number of fused-ring (bicyclic) bond motifs is 1. The first-order valence-corrected chi connectivity index (χ1v) is 13.1. The van der Waals surface area contributed by atoms with Crippen LogP contribution in [0.5, 0.6) is 5.75 Å². The molecule has 0 saturated heterocycles. The van der Waals surface area contributed by atoms with Crippen LogP contribution in [-0.2, 0) is 11.2 Å². The van der Waals surface area contributed by atoms with Gasteiger partial charge in [-0.25, -0.2) is 0 Å². The summed E-state index contributed by atoms with van der Waals surface area (Å²) in [7, 11) is 1.65. The monoisotopic (exact) mass is 540 g/mol. The molecule has 0 spiro atoms. The fourth-order valence-electron chi connectivity index (χ4n) is 4.45. The third kappa shape index (κ3) is 5.20. The summed E-state index contributed by atoms with van der Waals surface area (Å²) in [6, 6.07) is 17.2. The topological polar surface area (TPSA) is 49.9 Å². The fraction of sp³-hybridized carbons (Fsp3) is 0.333. The summed E-state index contributed by atoms with van der Waals surface area (Å²) in [5.74, 6) is 0.842. The molecule has 0 aliphatic carbocycles. The van der Waals surface area contributed by atoms with Crippen LogP contribution in [0.25, 0.3) is 0 Å². The molecule has 178 valence electrons. The standard InChI is InChI=1S/C27H29BrN2O3S/c1-18(2)16-29(27(32)21-6-4-5-7-23(21)28)17-25(31)30-14-12-24-22(13-15-34-24)26(30)19-8-10-20(33-3)11-9-19/h4-11,13,15,18,26H,12,14,16-17H2,1-3H3. The summed E-state index contributed by atoms with van der Waals surface area (Å²) in [5, 5.41) is 2.09. The lowest BCUT2D eigenvalue weighted by atomic mass is 9.93. The number of carbonyl (C=O) groups excluding carboxylic acids is 2. The first-order chi connectivity index (χ1) is 16.4. The van der Waals surface area contributed by atoms with Crippen LogP contribution in [0.1, 0.15) is 46.3 Å². The Morgan fingerprint density at radius 1 is 1.15 bits per heavy atom. The van der Waals surface area contributed by atoms with Crippen LogP contribution >= 0.6 is 27.3 Å². The Hall–Kier alpha value is -2.64. The molecule has 1 aliphatic rings. The van der Waals surface area contributed by atoms with Gasteiger partial charge in [0.1, 0.15) is 12.3 Å². The molecule has 1 unspecified atom stereocenters. The van der Waals surface area contributed by atoms with E-state index in [2.05, 4.69) is 41.2 Å². The van der Waals surface area contributed by atoms with Gasteiger partial charge < -0.3 is 14.5 Å². The van der Waals surface area contributed by atoms with Gasteiger partial charge in [-0.2, -0.15) is 0 Å². The van der Waals surface area contributed by atoms with Crippen molar-refractivity contribution < 1.29 is 14.3 Å². The molecular weight excluding hydrogens is 512 g/mol. The van der Waals surface area contributed by atoms with Crippen LogP contribution in [0.4, 0.5) is 0 Å². The molecule has 3 aromatic rings. The van der Waals surface area contributed by atoms with Gasteiger partial charge in [-0.1, -0.05) is 38.1 Å². The maximum atomic E-state index is 13.7. The number of methoxy groups -OCH3 is 1. The average Bonchev–Trinajstić information content (AvgIpc) is 3.31. The maximum Gasteiger partial charge on any atom is 0.255 e. The third-order valence-electron chi connectivity index (χ3n) is 6.02. The number of hydrogen-bond donors (Lipinski definition) is 0. The van der Waals surface area contributed by atoms with Crippen LogP contribution in [0.2, 0.25) is 0 Å². The Morgan fingerprint density at radius 3 is 2.56 bits per heavy atom. The van der Waals surface area contributed by atoms with Crippen molar-refractivity contribution in [2.75, 3.05) is 26.7 Å². The quantitative estimate of drug-likeness (QED) is 0.381. The van der Waals surface area contributed by atoms with Crippen molar-refractivity contribution in [3.63, 3.8) is 0 Å². The minimum Gasteiger partial charge on any atom is -0.497 e. The van der Waals surface area contributed by atoms with Crippen LogP contribution in [-0.4, -0.2) is 48.4 Å².